The molecule has 0 aromatic heterocycles. The maximum Gasteiger partial charge on any atom is 0.262 e. The average Bonchev–Trinajstić information content (AvgIpc) is 2.68. The monoisotopic (exact) mass is 391 g/mol. The summed E-state index contributed by atoms with van der Waals surface area (Å²) < 4.78 is 28.8. The van der Waals surface area contributed by atoms with Crippen LogP contribution in [-0.4, -0.2) is 20.0 Å². The Kier molecular flexibility index (Phi) is 4.16. The largest absolute Gasteiger partial charge is 0.289 e. The lowest BCUT2D eigenvalue weighted by molar-refractivity contribution is 0.0976. The Labute approximate surface area is 163 Å². The van der Waals surface area contributed by atoms with Gasteiger partial charge in [-0.05, 0) is 37.1 Å². The van der Waals surface area contributed by atoms with E-state index in [1.807, 2.05) is 19.1 Å². The fraction of sp³-hybridized carbons (Fsp3) is 0.0909. The summed E-state index contributed by atoms with van der Waals surface area (Å²) in [6.07, 6.45) is 0. The molecule has 140 valence electrons. The average molecular weight is 391 g/mol. The lowest BCUT2D eigenvalue weighted by atomic mass is 9.84. The summed E-state index contributed by atoms with van der Waals surface area (Å²) in [5.41, 5.74) is 2.63. The first-order chi connectivity index (χ1) is 13.3. The molecule has 0 heterocycles. The highest BCUT2D eigenvalue weighted by Gasteiger charge is 2.34. The molecule has 1 aliphatic rings. The number of sulfonamides is 1. The minimum atomic E-state index is -4.08. The van der Waals surface area contributed by atoms with E-state index in [4.69, 9.17) is 0 Å². The lowest BCUT2D eigenvalue weighted by Crippen LogP contribution is -2.25. The highest BCUT2D eigenvalue weighted by atomic mass is 32.2. The fourth-order valence-corrected chi connectivity index (χ4v) is 4.73. The lowest BCUT2D eigenvalue weighted by Gasteiger charge is -2.20. The summed E-state index contributed by atoms with van der Waals surface area (Å²) >= 11 is 0. The van der Waals surface area contributed by atoms with Crippen LogP contribution in [-0.2, 0) is 10.0 Å². The van der Waals surface area contributed by atoms with Gasteiger partial charge in [-0.2, -0.15) is 0 Å². The predicted octanol–water partition coefficient (Wildman–Crippen LogP) is 3.88. The summed E-state index contributed by atoms with van der Waals surface area (Å²) in [4.78, 5) is 25.7. The molecule has 0 atom stereocenters. The molecule has 5 nitrogen and oxygen atoms in total. The number of carbonyl (C=O) groups is 2. The zero-order chi connectivity index (χ0) is 20.1. The number of rotatable bonds is 3. The second kappa shape index (κ2) is 6.42. The third kappa shape index (κ3) is 2.82. The van der Waals surface area contributed by atoms with Gasteiger partial charge in [-0.15, -0.1) is 0 Å². The number of benzene rings is 3. The van der Waals surface area contributed by atoms with Crippen molar-refractivity contribution < 1.29 is 18.0 Å². The molecule has 0 radical (unpaired) electrons. The zero-order valence-electron chi connectivity index (χ0n) is 15.3. The molecule has 4 rings (SSSR count). The molecule has 0 bridgehead atoms. The number of anilines is 1. The van der Waals surface area contributed by atoms with Gasteiger partial charge >= 0.3 is 0 Å². The number of nitrogens with one attached hydrogen (secondary N) is 1. The molecule has 0 saturated heterocycles. The van der Waals surface area contributed by atoms with Crippen LogP contribution < -0.4 is 4.72 Å². The van der Waals surface area contributed by atoms with Gasteiger partial charge in [0.15, 0.2) is 11.6 Å². The van der Waals surface area contributed by atoms with Crippen molar-refractivity contribution in [1.29, 1.82) is 0 Å². The van der Waals surface area contributed by atoms with Crippen molar-refractivity contribution in [3.8, 4) is 0 Å². The zero-order valence-corrected chi connectivity index (χ0v) is 16.1. The normalized spacial score (nSPS) is 13.1. The van der Waals surface area contributed by atoms with Crippen molar-refractivity contribution in [1.82, 2.24) is 0 Å². The number of carbonyl (C=O) groups excluding carboxylic acids is 2. The number of fused-ring (bicyclic) bond motifs is 2. The molecule has 0 aliphatic heterocycles. The quantitative estimate of drug-likeness (QED) is 0.575. The Hall–Kier alpha value is -3.25. The molecule has 3 aromatic rings. The first-order valence-electron chi connectivity index (χ1n) is 8.71. The Balaban J connectivity index is 1.87. The molecule has 1 N–H and O–H groups in total. The van der Waals surface area contributed by atoms with Crippen LogP contribution in [0.2, 0.25) is 0 Å². The van der Waals surface area contributed by atoms with Gasteiger partial charge in [0.05, 0.1) is 16.1 Å². The third-order valence-corrected chi connectivity index (χ3v) is 6.25. The smallest absolute Gasteiger partial charge is 0.262 e. The summed E-state index contributed by atoms with van der Waals surface area (Å²) in [5, 5.41) is 0. The molecule has 1 aliphatic carbocycles. The standard InChI is InChI=1S/C22H17NO4S/c1-13-10-11-14(2)18(12-13)23-28(26,27)19-9-5-8-17-20(19)22(25)16-7-4-3-6-15(16)21(17)24/h3-12,23H,1-2H3. The SMILES string of the molecule is Cc1ccc(C)c(NS(=O)(=O)c2cccc3c2C(=O)c2ccccc2C3=O)c1. The van der Waals surface area contributed by atoms with Crippen LogP contribution in [0.15, 0.2) is 65.6 Å². The van der Waals surface area contributed by atoms with E-state index in [1.54, 1.807) is 37.3 Å². The van der Waals surface area contributed by atoms with E-state index in [9.17, 15) is 18.0 Å². The van der Waals surface area contributed by atoms with Crippen LogP contribution >= 0.6 is 0 Å². The number of hydrogen-bond acceptors (Lipinski definition) is 4. The van der Waals surface area contributed by atoms with Gasteiger partial charge in [-0.1, -0.05) is 48.5 Å². The predicted molar refractivity (Wildman–Crippen MR) is 106 cm³/mol. The minimum Gasteiger partial charge on any atom is -0.289 e. The van der Waals surface area contributed by atoms with Crippen molar-refractivity contribution in [3.05, 3.63) is 94.0 Å². The molecule has 0 unspecified atom stereocenters. The van der Waals surface area contributed by atoms with Gasteiger partial charge in [0, 0.05) is 16.7 Å². The van der Waals surface area contributed by atoms with E-state index in [0.717, 1.165) is 11.1 Å². The molecule has 0 amide bonds. The number of aryl methyl sites for hydroxylation is 2. The molecule has 0 saturated carbocycles. The maximum atomic E-state index is 13.1. The van der Waals surface area contributed by atoms with Crippen molar-refractivity contribution in [2.45, 2.75) is 18.7 Å². The summed E-state index contributed by atoms with van der Waals surface area (Å²) in [5.74, 6) is -0.818. The minimum absolute atomic E-state index is 0.0796. The molecule has 6 heteroatoms. The maximum absolute atomic E-state index is 13.1. The van der Waals surface area contributed by atoms with Crippen molar-refractivity contribution in [3.63, 3.8) is 0 Å². The van der Waals surface area contributed by atoms with Crippen LogP contribution in [0.25, 0.3) is 0 Å². The van der Waals surface area contributed by atoms with Crippen LogP contribution in [0.4, 0.5) is 5.69 Å². The first kappa shape index (κ1) is 18.1. The molecular weight excluding hydrogens is 374 g/mol. The van der Waals surface area contributed by atoms with E-state index in [2.05, 4.69) is 4.72 Å². The number of ketones is 2. The van der Waals surface area contributed by atoms with Crippen LogP contribution in [0.1, 0.15) is 43.0 Å². The fourth-order valence-electron chi connectivity index (χ4n) is 3.38. The van der Waals surface area contributed by atoms with Crippen LogP contribution in [0, 0.1) is 13.8 Å². The highest BCUT2D eigenvalue weighted by molar-refractivity contribution is 7.92. The molecule has 3 aromatic carbocycles. The van der Waals surface area contributed by atoms with Gasteiger partial charge < -0.3 is 0 Å². The second-order valence-electron chi connectivity index (χ2n) is 6.81. The van der Waals surface area contributed by atoms with Crippen molar-refractivity contribution in [2.75, 3.05) is 4.72 Å². The van der Waals surface area contributed by atoms with Gasteiger partial charge in [0.25, 0.3) is 10.0 Å². The molecule has 0 fully saturated rings. The van der Waals surface area contributed by atoms with E-state index in [-0.39, 0.29) is 32.9 Å². The highest BCUT2D eigenvalue weighted by Crippen LogP contribution is 2.32. The summed E-state index contributed by atoms with van der Waals surface area (Å²) in [6.45, 7) is 3.66. The second-order valence-corrected chi connectivity index (χ2v) is 8.46. The molecule has 0 spiro atoms. The van der Waals surface area contributed by atoms with Gasteiger partial charge in [0.1, 0.15) is 0 Å². The van der Waals surface area contributed by atoms with Crippen molar-refractivity contribution in [2.24, 2.45) is 0 Å². The number of hydrogen-bond donors (Lipinski definition) is 1. The third-order valence-electron chi connectivity index (χ3n) is 4.84. The first-order valence-corrected chi connectivity index (χ1v) is 10.2. The van der Waals surface area contributed by atoms with E-state index < -0.39 is 15.8 Å². The van der Waals surface area contributed by atoms with Crippen molar-refractivity contribution >= 4 is 27.3 Å². The Morgan fingerprint density at radius 1 is 0.750 bits per heavy atom. The van der Waals surface area contributed by atoms with Gasteiger partial charge in [-0.25, -0.2) is 8.42 Å². The van der Waals surface area contributed by atoms with Gasteiger partial charge in [0.2, 0.25) is 0 Å². The summed E-state index contributed by atoms with van der Waals surface area (Å²) in [7, 11) is -4.08. The van der Waals surface area contributed by atoms with Crippen LogP contribution in [0.3, 0.4) is 0 Å². The Bertz CT molecular complexity index is 1260. The Morgan fingerprint density at radius 2 is 1.39 bits per heavy atom. The molecular formula is C22H17NO4S. The van der Waals surface area contributed by atoms with E-state index >= 15 is 0 Å². The topological polar surface area (TPSA) is 80.3 Å². The molecule has 28 heavy (non-hydrogen) atoms. The van der Waals surface area contributed by atoms with E-state index in [0.29, 0.717) is 5.69 Å². The van der Waals surface area contributed by atoms with Gasteiger partial charge in [-0.3, -0.25) is 14.3 Å². The van der Waals surface area contributed by atoms with E-state index in [1.165, 1.54) is 18.2 Å². The summed E-state index contributed by atoms with van der Waals surface area (Å²) in [6, 6.07) is 16.2. The Morgan fingerprint density at radius 3 is 2.11 bits per heavy atom. The van der Waals surface area contributed by atoms with Crippen LogP contribution in [0.5, 0.6) is 0 Å².